The Labute approximate surface area is 196 Å². The zero-order chi connectivity index (χ0) is 23.4. The quantitative estimate of drug-likeness (QED) is 0.545. The van der Waals surface area contributed by atoms with Crippen LogP contribution in [0.25, 0.3) is 10.4 Å². The van der Waals surface area contributed by atoms with Gasteiger partial charge in [-0.05, 0) is 29.8 Å². The second-order valence-electron chi connectivity index (χ2n) is 7.27. The third-order valence-corrected chi connectivity index (χ3v) is 8.66. The van der Waals surface area contributed by atoms with Gasteiger partial charge in [-0.3, -0.25) is 4.79 Å². The number of carbonyl (C=O) groups is 1. The van der Waals surface area contributed by atoms with Crippen LogP contribution in [-0.2, 0) is 14.8 Å². The van der Waals surface area contributed by atoms with Crippen LogP contribution in [0.5, 0.6) is 11.5 Å². The number of hydrogen-bond donors (Lipinski definition) is 1. The number of amides is 1. The Hall–Kier alpha value is -2.92. The fourth-order valence-electron chi connectivity index (χ4n) is 3.42. The van der Waals surface area contributed by atoms with Gasteiger partial charge in [0.05, 0.1) is 27.4 Å². The first-order valence-corrected chi connectivity index (χ1v) is 12.5. The number of benzene rings is 2. The van der Waals surface area contributed by atoms with Crippen LogP contribution in [0, 0.1) is 0 Å². The van der Waals surface area contributed by atoms with Crippen LogP contribution >= 0.6 is 11.3 Å². The molecule has 1 aliphatic heterocycles. The summed E-state index contributed by atoms with van der Waals surface area (Å²) in [6.45, 7) is 1.49. The van der Waals surface area contributed by atoms with Crippen molar-refractivity contribution in [3.8, 4) is 21.9 Å². The lowest BCUT2D eigenvalue weighted by Gasteiger charge is -2.25. The van der Waals surface area contributed by atoms with Gasteiger partial charge in [0.15, 0.2) is 0 Å². The van der Waals surface area contributed by atoms with Crippen LogP contribution in [0.3, 0.4) is 0 Å². The molecule has 0 unspecified atom stereocenters. The fraction of sp³-hybridized carbons (Fsp3) is 0.261. The van der Waals surface area contributed by atoms with Gasteiger partial charge in [0, 0.05) is 47.4 Å². The van der Waals surface area contributed by atoms with Crippen LogP contribution in [-0.4, -0.2) is 59.2 Å². The monoisotopic (exact) mass is 488 g/mol. The minimum atomic E-state index is -3.56. The molecule has 3 aromatic rings. The number of nitrogens with zero attached hydrogens (tertiary/aromatic N) is 1. The van der Waals surface area contributed by atoms with E-state index >= 15 is 0 Å². The third kappa shape index (κ3) is 5.19. The maximum Gasteiger partial charge on any atom is 0.255 e. The van der Waals surface area contributed by atoms with Crippen molar-refractivity contribution in [2.24, 2.45) is 0 Å². The molecule has 1 saturated heterocycles. The SMILES string of the molecule is COc1cc(NC(=O)c2cccc(-c3ccc(S(=O)(=O)N4CCOCC4)s3)c2)cc(OC)c1. The summed E-state index contributed by atoms with van der Waals surface area (Å²) in [6.07, 6.45) is 0. The van der Waals surface area contributed by atoms with Gasteiger partial charge in [0.25, 0.3) is 15.9 Å². The third-order valence-electron chi connectivity index (χ3n) is 5.16. The highest BCUT2D eigenvalue weighted by Crippen LogP contribution is 2.33. The van der Waals surface area contributed by atoms with E-state index in [1.54, 1.807) is 62.8 Å². The largest absolute Gasteiger partial charge is 0.497 e. The Balaban J connectivity index is 1.54. The van der Waals surface area contributed by atoms with Crippen molar-refractivity contribution in [3.05, 3.63) is 60.2 Å². The van der Waals surface area contributed by atoms with Crippen LogP contribution in [0.15, 0.2) is 58.8 Å². The van der Waals surface area contributed by atoms with Crippen molar-refractivity contribution in [2.45, 2.75) is 4.21 Å². The predicted octanol–water partition coefficient (Wildman–Crippen LogP) is 3.71. The summed E-state index contributed by atoms with van der Waals surface area (Å²) in [6, 6.07) is 15.6. The Kier molecular flexibility index (Phi) is 6.99. The molecule has 8 nitrogen and oxygen atoms in total. The first-order valence-electron chi connectivity index (χ1n) is 10.2. The maximum atomic E-state index is 12.9. The van der Waals surface area contributed by atoms with E-state index in [0.29, 0.717) is 49.1 Å². The van der Waals surface area contributed by atoms with Crippen LogP contribution in [0.1, 0.15) is 10.4 Å². The summed E-state index contributed by atoms with van der Waals surface area (Å²) in [5.41, 5.74) is 1.75. The molecule has 0 spiro atoms. The van der Waals surface area contributed by atoms with Gasteiger partial charge in [0.1, 0.15) is 15.7 Å². The van der Waals surface area contributed by atoms with E-state index in [9.17, 15) is 13.2 Å². The number of rotatable bonds is 7. The lowest BCUT2D eigenvalue weighted by molar-refractivity contribution is 0.0731. The van der Waals surface area contributed by atoms with E-state index in [4.69, 9.17) is 14.2 Å². The molecule has 1 aromatic heterocycles. The van der Waals surface area contributed by atoms with Crippen molar-refractivity contribution in [2.75, 3.05) is 45.8 Å². The molecule has 33 heavy (non-hydrogen) atoms. The van der Waals surface area contributed by atoms with Gasteiger partial charge >= 0.3 is 0 Å². The normalized spacial score (nSPS) is 14.6. The van der Waals surface area contributed by atoms with Gasteiger partial charge in [-0.15, -0.1) is 11.3 Å². The first-order chi connectivity index (χ1) is 15.9. The van der Waals surface area contributed by atoms with E-state index in [1.165, 1.54) is 15.6 Å². The molecule has 10 heteroatoms. The number of hydrogen-bond acceptors (Lipinski definition) is 7. The van der Waals surface area contributed by atoms with E-state index in [0.717, 1.165) is 10.4 Å². The highest BCUT2D eigenvalue weighted by atomic mass is 32.2. The van der Waals surface area contributed by atoms with Crippen LogP contribution < -0.4 is 14.8 Å². The topological polar surface area (TPSA) is 94.2 Å². The van der Waals surface area contributed by atoms with E-state index in [-0.39, 0.29) is 10.1 Å². The molecule has 2 heterocycles. The molecule has 0 aliphatic carbocycles. The van der Waals surface area contributed by atoms with Gasteiger partial charge < -0.3 is 19.5 Å². The van der Waals surface area contributed by atoms with Crippen molar-refractivity contribution in [1.82, 2.24) is 4.31 Å². The molecular formula is C23H24N2O6S2. The number of thiophene rings is 1. The van der Waals surface area contributed by atoms with Crippen LogP contribution in [0.4, 0.5) is 5.69 Å². The molecule has 0 bridgehead atoms. The van der Waals surface area contributed by atoms with Crippen molar-refractivity contribution >= 4 is 33.0 Å². The zero-order valence-corrected chi connectivity index (χ0v) is 19.9. The average molecular weight is 489 g/mol. The molecular weight excluding hydrogens is 464 g/mol. The number of morpholine rings is 1. The van der Waals surface area contributed by atoms with E-state index < -0.39 is 10.0 Å². The molecule has 0 radical (unpaired) electrons. The number of anilines is 1. The average Bonchev–Trinajstić information content (AvgIpc) is 3.36. The minimum absolute atomic E-state index is 0.276. The second-order valence-corrected chi connectivity index (χ2v) is 10.5. The molecule has 1 amide bonds. The Morgan fingerprint density at radius 3 is 2.36 bits per heavy atom. The van der Waals surface area contributed by atoms with Crippen molar-refractivity contribution in [1.29, 1.82) is 0 Å². The Morgan fingerprint density at radius 2 is 1.70 bits per heavy atom. The number of carbonyl (C=O) groups excluding carboxylic acids is 1. The van der Waals surface area contributed by atoms with E-state index in [2.05, 4.69) is 5.32 Å². The summed E-state index contributed by atoms with van der Waals surface area (Å²) >= 11 is 1.19. The molecule has 4 rings (SSSR count). The van der Waals surface area contributed by atoms with Gasteiger partial charge in [-0.25, -0.2) is 8.42 Å². The lowest BCUT2D eigenvalue weighted by atomic mass is 10.1. The summed E-state index contributed by atoms with van der Waals surface area (Å²) in [4.78, 5) is 13.6. The minimum Gasteiger partial charge on any atom is -0.497 e. The molecule has 2 aromatic carbocycles. The van der Waals surface area contributed by atoms with Gasteiger partial charge in [-0.2, -0.15) is 4.31 Å². The zero-order valence-electron chi connectivity index (χ0n) is 18.2. The highest BCUT2D eigenvalue weighted by Gasteiger charge is 2.28. The lowest BCUT2D eigenvalue weighted by Crippen LogP contribution is -2.40. The Bertz CT molecular complexity index is 1230. The fourth-order valence-corrected chi connectivity index (χ4v) is 6.29. The number of ether oxygens (including phenoxy) is 3. The molecule has 1 N–H and O–H groups in total. The van der Waals surface area contributed by atoms with Crippen molar-refractivity contribution < 1.29 is 27.4 Å². The Morgan fingerprint density at radius 1 is 1.00 bits per heavy atom. The van der Waals surface area contributed by atoms with Crippen molar-refractivity contribution in [3.63, 3.8) is 0 Å². The smallest absolute Gasteiger partial charge is 0.255 e. The van der Waals surface area contributed by atoms with Crippen LogP contribution in [0.2, 0.25) is 0 Å². The second kappa shape index (κ2) is 9.92. The summed E-state index contributed by atoms with van der Waals surface area (Å²) in [5, 5.41) is 2.85. The number of methoxy groups -OCH3 is 2. The summed E-state index contributed by atoms with van der Waals surface area (Å²) in [7, 11) is -0.481. The molecule has 174 valence electrons. The molecule has 0 atom stereocenters. The van der Waals surface area contributed by atoms with Gasteiger partial charge in [-0.1, -0.05) is 12.1 Å². The molecule has 1 aliphatic rings. The van der Waals surface area contributed by atoms with Gasteiger partial charge in [0.2, 0.25) is 0 Å². The first kappa shape index (κ1) is 23.2. The highest BCUT2D eigenvalue weighted by molar-refractivity contribution is 7.91. The standard InChI is InChI=1S/C23H24N2O6S2/c1-29-19-13-18(14-20(15-19)30-2)24-23(26)17-5-3-4-16(12-17)21-6-7-22(32-21)33(27,28)25-8-10-31-11-9-25/h3-7,12-15H,8-11H2,1-2H3,(H,24,26). The predicted molar refractivity (Wildman–Crippen MR) is 127 cm³/mol. The number of sulfonamides is 1. The summed E-state index contributed by atoms with van der Waals surface area (Å²) < 4.78 is 43.3. The molecule has 0 saturated carbocycles. The maximum absolute atomic E-state index is 12.9. The molecule has 1 fully saturated rings. The number of nitrogens with one attached hydrogen (secondary N) is 1. The summed E-state index contributed by atoms with van der Waals surface area (Å²) in [5.74, 6) is 0.821. The van der Waals surface area contributed by atoms with E-state index in [1.807, 2.05) is 6.07 Å².